The average molecular weight is 333 g/mol. The molecule has 0 amide bonds. The third-order valence-electron chi connectivity index (χ3n) is 3.12. The van der Waals surface area contributed by atoms with Crippen LogP contribution in [-0.2, 0) is 0 Å². The lowest BCUT2D eigenvalue weighted by Gasteiger charge is -2.10. The van der Waals surface area contributed by atoms with Crippen LogP contribution in [-0.4, -0.2) is 15.0 Å². The van der Waals surface area contributed by atoms with Crippen LogP contribution in [0.2, 0.25) is 5.15 Å². The number of nitrogens with one attached hydrogen (secondary N) is 1. The Balaban J connectivity index is 1.98. The Bertz CT molecular complexity index is 856. The number of halogens is 3. The second-order valence-electron chi connectivity index (χ2n) is 4.82. The molecule has 0 bridgehead atoms. The zero-order valence-electron chi connectivity index (χ0n) is 12.0. The molecule has 0 unspecified atom stereocenters. The van der Waals surface area contributed by atoms with Gasteiger partial charge in [0.1, 0.15) is 16.7 Å². The number of nitrogens with zero attached hydrogens (tertiary/aromatic N) is 3. The quantitative estimate of drug-likeness (QED) is 0.716. The number of aryl methyl sites for hydroxylation is 1. The molecule has 0 aliphatic rings. The third kappa shape index (κ3) is 3.43. The summed E-state index contributed by atoms with van der Waals surface area (Å²) in [6.07, 6.45) is 1.62. The number of pyridine rings is 1. The Kier molecular flexibility index (Phi) is 4.16. The zero-order chi connectivity index (χ0) is 16.4. The molecule has 0 radical (unpaired) electrons. The molecule has 116 valence electrons. The second-order valence-corrected chi connectivity index (χ2v) is 5.21. The van der Waals surface area contributed by atoms with Crippen molar-refractivity contribution in [3.63, 3.8) is 0 Å². The maximum absolute atomic E-state index is 13.4. The predicted octanol–water partition coefficient (Wildman–Crippen LogP) is 4.52. The molecule has 7 heteroatoms. The van der Waals surface area contributed by atoms with Crippen molar-refractivity contribution >= 4 is 23.1 Å². The Labute approximate surface area is 136 Å². The van der Waals surface area contributed by atoms with E-state index >= 15 is 0 Å². The molecule has 1 N–H and O–H groups in total. The van der Waals surface area contributed by atoms with Crippen molar-refractivity contribution < 1.29 is 8.78 Å². The van der Waals surface area contributed by atoms with Crippen molar-refractivity contribution in [3.05, 3.63) is 64.9 Å². The van der Waals surface area contributed by atoms with Gasteiger partial charge in [0.15, 0.2) is 17.5 Å². The van der Waals surface area contributed by atoms with E-state index in [9.17, 15) is 8.78 Å². The molecule has 0 atom stereocenters. The molecule has 23 heavy (non-hydrogen) atoms. The molecule has 0 aliphatic heterocycles. The first-order valence-corrected chi connectivity index (χ1v) is 7.09. The number of aromatic nitrogens is 3. The summed E-state index contributed by atoms with van der Waals surface area (Å²) in [5, 5.41) is 3.13. The van der Waals surface area contributed by atoms with Crippen molar-refractivity contribution in [2.45, 2.75) is 6.92 Å². The van der Waals surface area contributed by atoms with Crippen LogP contribution < -0.4 is 5.32 Å². The van der Waals surface area contributed by atoms with Crippen LogP contribution in [0.4, 0.5) is 20.3 Å². The van der Waals surface area contributed by atoms with Crippen LogP contribution in [0, 0.1) is 18.6 Å². The number of benzene rings is 1. The summed E-state index contributed by atoms with van der Waals surface area (Å²) in [7, 11) is 0. The van der Waals surface area contributed by atoms with Crippen LogP contribution in [0.5, 0.6) is 0 Å². The van der Waals surface area contributed by atoms with Crippen molar-refractivity contribution in [2.24, 2.45) is 0 Å². The molecule has 0 aliphatic carbocycles. The Hall–Kier alpha value is -2.60. The van der Waals surface area contributed by atoms with Gasteiger partial charge in [-0.3, -0.25) is 4.98 Å². The summed E-state index contributed by atoms with van der Waals surface area (Å²) < 4.78 is 26.6. The summed E-state index contributed by atoms with van der Waals surface area (Å²) in [4.78, 5) is 12.6. The first kappa shape index (κ1) is 15.3. The van der Waals surface area contributed by atoms with E-state index in [0.29, 0.717) is 28.6 Å². The molecular formula is C16H11ClF2N4. The van der Waals surface area contributed by atoms with Crippen LogP contribution in [0.15, 0.2) is 42.6 Å². The molecule has 0 saturated heterocycles. The van der Waals surface area contributed by atoms with Gasteiger partial charge in [-0.15, -0.1) is 0 Å². The van der Waals surface area contributed by atoms with Crippen molar-refractivity contribution in [2.75, 3.05) is 5.32 Å². The van der Waals surface area contributed by atoms with Gasteiger partial charge in [0, 0.05) is 24.0 Å². The molecule has 2 heterocycles. The van der Waals surface area contributed by atoms with Gasteiger partial charge in [-0.25, -0.2) is 18.7 Å². The SMILES string of the molecule is Cc1cc(F)c(F)cc1Nc1cc(Cl)nc(-c2ccccn2)n1. The third-order valence-corrected chi connectivity index (χ3v) is 3.31. The van der Waals surface area contributed by atoms with E-state index in [1.165, 1.54) is 6.07 Å². The summed E-state index contributed by atoms with van der Waals surface area (Å²) >= 11 is 6.01. The Morgan fingerprint density at radius 2 is 1.83 bits per heavy atom. The maximum atomic E-state index is 13.4. The highest BCUT2D eigenvalue weighted by molar-refractivity contribution is 6.29. The second kappa shape index (κ2) is 6.26. The van der Waals surface area contributed by atoms with Gasteiger partial charge in [-0.2, -0.15) is 0 Å². The minimum atomic E-state index is -0.941. The fourth-order valence-electron chi connectivity index (χ4n) is 2.01. The first-order chi connectivity index (χ1) is 11.0. The summed E-state index contributed by atoms with van der Waals surface area (Å²) in [5.74, 6) is -1.15. The van der Waals surface area contributed by atoms with Gasteiger partial charge in [0.25, 0.3) is 0 Å². The molecule has 2 aromatic heterocycles. The lowest BCUT2D eigenvalue weighted by molar-refractivity contribution is 0.508. The smallest absolute Gasteiger partial charge is 0.181 e. The van der Waals surface area contributed by atoms with E-state index in [1.54, 1.807) is 31.3 Å². The summed E-state index contributed by atoms with van der Waals surface area (Å²) in [6, 6.07) is 9.01. The van der Waals surface area contributed by atoms with Crippen LogP contribution in [0.3, 0.4) is 0 Å². The molecule has 0 fully saturated rings. The molecular weight excluding hydrogens is 322 g/mol. The van der Waals surface area contributed by atoms with E-state index in [0.717, 1.165) is 12.1 Å². The lowest BCUT2D eigenvalue weighted by atomic mass is 10.2. The maximum Gasteiger partial charge on any atom is 0.181 e. The highest BCUT2D eigenvalue weighted by atomic mass is 35.5. The van der Waals surface area contributed by atoms with Gasteiger partial charge in [0.2, 0.25) is 0 Å². The Morgan fingerprint density at radius 3 is 2.57 bits per heavy atom. The van der Waals surface area contributed by atoms with Crippen LogP contribution >= 0.6 is 11.6 Å². The van der Waals surface area contributed by atoms with E-state index in [-0.39, 0.29) is 5.15 Å². The number of rotatable bonds is 3. The predicted molar refractivity (Wildman–Crippen MR) is 84.7 cm³/mol. The van der Waals surface area contributed by atoms with Gasteiger partial charge in [-0.1, -0.05) is 17.7 Å². The topological polar surface area (TPSA) is 50.7 Å². The average Bonchev–Trinajstić information content (AvgIpc) is 2.53. The van der Waals surface area contributed by atoms with E-state index in [1.807, 2.05) is 0 Å². The summed E-state index contributed by atoms with van der Waals surface area (Å²) in [6.45, 7) is 1.66. The molecule has 4 nitrogen and oxygen atoms in total. The normalized spacial score (nSPS) is 10.6. The molecule has 0 spiro atoms. The molecule has 3 rings (SSSR count). The van der Waals surface area contributed by atoms with E-state index < -0.39 is 11.6 Å². The Morgan fingerprint density at radius 1 is 1.04 bits per heavy atom. The van der Waals surface area contributed by atoms with Crippen molar-refractivity contribution in [1.29, 1.82) is 0 Å². The highest BCUT2D eigenvalue weighted by Gasteiger charge is 2.10. The largest absolute Gasteiger partial charge is 0.340 e. The van der Waals surface area contributed by atoms with Crippen LogP contribution in [0.1, 0.15) is 5.56 Å². The van der Waals surface area contributed by atoms with E-state index in [2.05, 4.69) is 20.3 Å². The van der Waals surface area contributed by atoms with Crippen molar-refractivity contribution in [1.82, 2.24) is 15.0 Å². The van der Waals surface area contributed by atoms with Crippen molar-refractivity contribution in [3.8, 4) is 11.5 Å². The summed E-state index contributed by atoms with van der Waals surface area (Å²) in [5.41, 5.74) is 1.49. The fraction of sp³-hybridized carbons (Fsp3) is 0.0625. The number of anilines is 2. The lowest BCUT2D eigenvalue weighted by Crippen LogP contribution is -2.01. The molecule has 3 aromatic rings. The highest BCUT2D eigenvalue weighted by Crippen LogP contribution is 2.25. The molecule has 0 saturated carbocycles. The van der Waals surface area contributed by atoms with Crippen LogP contribution in [0.25, 0.3) is 11.5 Å². The zero-order valence-corrected chi connectivity index (χ0v) is 12.8. The minimum Gasteiger partial charge on any atom is -0.340 e. The molecule has 1 aromatic carbocycles. The van der Waals surface area contributed by atoms with E-state index in [4.69, 9.17) is 11.6 Å². The number of hydrogen-bond donors (Lipinski definition) is 1. The first-order valence-electron chi connectivity index (χ1n) is 6.71. The van der Waals surface area contributed by atoms with Gasteiger partial charge in [-0.05, 0) is 30.7 Å². The standard InChI is InChI=1S/C16H11ClF2N4/c1-9-6-10(18)11(19)7-13(9)21-15-8-14(17)22-16(23-15)12-4-2-3-5-20-12/h2-8H,1H3,(H,21,22,23). The number of hydrogen-bond acceptors (Lipinski definition) is 4. The monoisotopic (exact) mass is 332 g/mol. The minimum absolute atomic E-state index is 0.211. The fourth-order valence-corrected chi connectivity index (χ4v) is 2.19. The van der Waals surface area contributed by atoms with Gasteiger partial charge < -0.3 is 5.32 Å². The van der Waals surface area contributed by atoms with Gasteiger partial charge in [0.05, 0.1) is 0 Å². The van der Waals surface area contributed by atoms with Gasteiger partial charge >= 0.3 is 0 Å².